The van der Waals surface area contributed by atoms with Crippen LogP contribution in [0.1, 0.15) is 30.0 Å². The number of carbonyl (C=O) groups is 1. The first-order chi connectivity index (χ1) is 25.8. The average molecular weight is 828 g/mol. The number of nitriles is 2. The molecule has 1 aliphatic carbocycles. The van der Waals surface area contributed by atoms with Crippen molar-refractivity contribution in [1.82, 2.24) is 14.8 Å². The number of phosphoric acid groups is 1. The molecule has 1 saturated heterocycles. The number of nitrogens with zero attached hydrogens (tertiary/aromatic N) is 5. The number of benzene rings is 2. The zero-order valence-electron chi connectivity index (χ0n) is 30.4. The van der Waals surface area contributed by atoms with Gasteiger partial charge >= 0.3 is 65.1 Å². The van der Waals surface area contributed by atoms with Crippen LogP contribution in [0.15, 0.2) is 90.6 Å². The van der Waals surface area contributed by atoms with Crippen LogP contribution in [-0.4, -0.2) is 57.3 Å². The summed E-state index contributed by atoms with van der Waals surface area (Å²) in [4.78, 5) is 40.6. The van der Waals surface area contributed by atoms with Gasteiger partial charge < -0.3 is 33.1 Å². The van der Waals surface area contributed by atoms with Gasteiger partial charge in [-0.2, -0.15) is 15.6 Å². The van der Waals surface area contributed by atoms with Crippen molar-refractivity contribution in [3.63, 3.8) is 0 Å². The van der Waals surface area contributed by atoms with Gasteiger partial charge in [-0.1, -0.05) is 30.4 Å². The van der Waals surface area contributed by atoms with Crippen LogP contribution >= 0.6 is 19.6 Å². The smallest absolute Gasteiger partial charge is 0.790 e. The van der Waals surface area contributed by atoms with Crippen molar-refractivity contribution in [3.8, 4) is 12.1 Å². The van der Waals surface area contributed by atoms with Gasteiger partial charge in [0.05, 0.1) is 57.1 Å². The Hall–Kier alpha value is -2.84. The third-order valence-electron chi connectivity index (χ3n) is 8.44. The Bertz CT molecular complexity index is 2100. The van der Waals surface area contributed by atoms with Crippen molar-refractivity contribution >= 4 is 31.6 Å². The molecule has 0 saturated carbocycles. The Morgan fingerprint density at radius 1 is 1.11 bits per heavy atom. The Balaban J connectivity index is 0.00000420. The largest absolute Gasteiger partial charge is 1.00 e. The van der Waals surface area contributed by atoms with Gasteiger partial charge in [0.1, 0.15) is 30.1 Å². The molecule has 1 unspecified atom stereocenters. The Morgan fingerprint density at radius 2 is 1.86 bits per heavy atom. The predicted molar refractivity (Wildman–Crippen MR) is 183 cm³/mol. The molecule has 0 amide bonds. The topological polar surface area (TPSA) is 195 Å². The van der Waals surface area contributed by atoms with Gasteiger partial charge in [-0.15, -0.1) is 11.8 Å². The van der Waals surface area contributed by atoms with Gasteiger partial charge in [0.15, 0.2) is 11.9 Å². The van der Waals surface area contributed by atoms with E-state index in [2.05, 4.69) is 14.6 Å². The first kappa shape index (κ1) is 47.5. The number of allylic oxidation sites excluding steroid dienone is 5. The summed E-state index contributed by atoms with van der Waals surface area (Å²) in [5.74, 6) is -4.61. The average Bonchev–Trinajstić information content (AvgIpc) is 3.65. The summed E-state index contributed by atoms with van der Waals surface area (Å²) in [6.45, 7) is 0.850. The predicted octanol–water partition coefficient (Wildman–Crippen LogP) is -1.61. The quantitative estimate of drug-likeness (QED) is 0.0781. The van der Waals surface area contributed by atoms with Crippen LogP contribution in [0.5, 0.6) is 0 Å². The van der Waals surface area contributed by atoms with Gasteiger partial charge in [0.25, 0.3) is 0 Å². The first-order valence-electron chi connectivity index (χ1n) is 16.2. The first-order valence-corrected chi connectivity index (χ1v) is 18.6. The van der Waals surface area contributed by atoms with Crippen molar-refractivity contribution < 1.29 is 110 Å². The number of thioether (sulfide) groups is 1. The number of aromatic nitrogens is 3. The number of esters is 1. The molecule has 282 valence electrons. The molecule has 1 fully saturated rings. The van der Waals surface area contributed by atoms with Crippen molar-refractivity contribution in [1.29, 1.82) is 10.5 Å². The summed E-state index contributed by atoms with van der Waals surface area (Å²) in [5.41, 5.74) is -1.64. The maximum absolute atomic E-state index is 15.8. The fraction of sp³-hybridized carbons (Fsp3) is 0.306. The molecule has 56 heavy (non-hydrogen) atoms. The Kier molecular flexibility index (Phi) is 18.5. The molecule has 3 aromatic rings. The summed E-state index contributed by atoms with van der Waals surface area (Å²) in [7, 11) is -5.47. The maximum atomic E-state index is 15.8. The molecule has 0 N–H and O–H groups in total. The molecule has 3 atom stereocenters. The minimum Gasteiger partial charge on any atom is -0.790 e. The van der Waals surface area contributed by atoms with Gasteiger partial charge in [0, 0.05) is 39.5 Å². The standard InChI is InChI=1S/C36H33F3N5O8PS.2Na/c1-23(54-29-18-49-34(50-19-29)5-3-2-4-26-8-6-25(16-41)13-32(26)38)36(20-44-22-42-21-43-44,31-11-9-28(37)14-33(31)39)52-35(45)30-10-7-24(15-40)12-27(30)17-51-53(46,47)48;;/h2-11,13-14,21-23,27,29,34H,12,17-20H2,1H3,(H2,46,47,48);;/q;2*+1/p-2/b4-2+,5-3+;;/t23-,27?,29?,34?,36-;;/m1../s1. The molecular weight excluding hydrogens is 796 g/mol. The summed E-state index contributed by atoms with van der Waals surface area (Å²) in [6.07, 6.45) is 10.5. The van der Waals surface area contributed by atoms with E-state index >= 15 is 4.39 Å². The monoisotopic (exact) mass is 827 g/mol. The molecule has 0 spiro atoms. The number of ether oxygens (including phenoxy) is 3. The zero-order chi connectivity index (χ0) is 38.9. The summed E-state index contributed by atoms with van der Waals surface area (Å²) in [5, 5.41) is 21.2. The third-order valence-corrected chi connectivity index (χ3v) is 10.4. The van der Waals surface area contributed by atoms with Crippen LogP contribution in [0.2, 0.25) is 0 Å². The number of carbonyl (C=O) groups excluding carboxylic acids is 1. The summed E-state index contributed by atoms with van der Waals surface area (Å²) in [6, 6.07) is 10.7. The van der Waals surface area contributed by atoms with Crippen molar-refractivity contribution in [2.24, 2.45) is 5.92 Å². The second-order valence-electron chi connectivity index (χ2n) is 12.1. The third kappa shape index (κ3) is 12.8. The van der Waals surface area contributed by atoms with Crippen LogP contribution in [0.4, 0.5) is 13.2 Å². The fourth-order valence-corrected chi connectivity index (χ4v) is 7.49. The van der Waals surface area contributed by atoms with Gasteiger partial charge in [-0.05, 0) is 49.8 Å². The molecule has 1 aliphatic heterocycles. The van der Waals surface area contributed by atoms with Gasteiger partial charge in [-0.3, -0.25) is 0 Å². The van der Waals surface area contributed by atoms with Crippen molar-refractivity contribution in [2.75, 3.05) is 19.8 Å². The van der Waals surface area contributed by atoms with Crippen molar-refractivity contribution in [3.05, 3.63) is 125 Å². The minimum absolute atomic E-state index is 0. The minimum atomic E-state index is -5.47. The van der Waals surface area contributed by atoms with E-state index in [1.165, 1.54) is 59.5 Å². The van der Waals surface area contributed by atoms with Crippen LogP contribution in [-0.2, 0) is 40.2 Å². The molecule has 0 bridgehead atoms. The molecule has 13 nitrogen and oxygen atoms in total. The maximum Gasteiger partial charge on any atom is 1.00 e. The fourth-order valence-electron chi connectivity index (χ4n) is 5.77. The van der Waals surface area contributed by atoms with Crippen LogP contribution < -0.4 is 68.9 Å². The molecule has 1 aromatic heterocycles. The second-order valence-corrected chi connectivity index (χ2v) is 14.9. The number of rotatable bonds is 14. The number of halogens is 3. The van der Waals surface area contributed by atoms with E-state index in [0.717, 1.165) is 18.2 Å². The zero-order valence-corrected chi connectivity index (χ0v) is 36.1. The second kappa shape index (κ2) is 21.8. The van der Waals surface area contributed by atoms with E-state index in [1.54, 1.807) is 25.2 Å². The molecule has 0 radical (unpaired) electrons. The molecule has 2 aromatic carbocycles. The van der Waals surface area contributed by atoms with Gasteiger partial charge in [-0.25, -0.2) is 27.6 Å². The Labute approximate surface area is 369 Å². The summed E-state index contributed by atoms with van der Waals surface area (Å²) < 4.78 is 79.3. The molecule has 2 aliphatic rings. The summed E-state index contributed by atoms with van der Waals surface area (Å²) >= 11 is 1.23. The Morgan fingerprint density at radius 3 is 2.48 bits per heavy atom. The molecule has 20 heteroatoms. The number of hydrogen-bond acceptors (Lipinski definition) is 13. The number of hydrogen-bond donors (Lipinski definition) is 0. The van der Waals surface area contributed by atoms with Gasteiger partial charge in [0.2, 0.25) is 0 Å². The molecular formula is C36H31F3N5Na2O8PS. The van der Waals surface area contributed by atoms with E-state index in [0.29, 0.717) is 6.07 Å². The van der Waals surface area contributed by atoms with Crippen LogP contribution in [0, 0.1) is 46.0 Å². The molecule has 5 rings (SSSR count). The van der Waals surface area contributed by atoms with E-state index < -0.39 is 66.2 Å². The van der Waals surface area contributed by atoms with E-state index in [1.807, 2.05) is 12.1 Å². The van der Waals surface area contributed by atoms with E-state index in [-0.39, 0.29) is 113 Å². The van der Waals surface area contributed by atoms with Crippen LogP contribution in [0.25, 0.3) is 6.08 Å². The SMILES string of the molecule is C[C@@H](SC1COC(/C=C/C=C/c2ccc(C#N)cc2F)OC1)[C@@](Cn1cncn1)(OC(=O)C1=CC=C(C#N)CC1COP(=O)([O-])[O-])c1ccc(F)cc1F.[Na+].[Na+]. The van der Waals surface area contributed by atoms with Crippen LogP contribution in [0.3, 0.4) is 0 Å². The normalized spacial score (nSPS) is 20.0. The van der Waals surface area contributed by atoms with E-state index in [4.69, 9.17) is 19.5 Å². The molecule has 2 heterocycles. The number of phosphoric ester groups is 1. The van der Waals surface area contributed by atoms with Crippen molar-refractivity contribution in [2.45, 2.75) is 42.3 Å². The van der Waals surface area contributed by atoms with E-state index in [9.17, 15) is 33.2 Å².